The highest BCUT2D eigenvalue weighted by atomic mass is 16.2. The number of hydrogen-bond acceptors (Lipinski definition) is 3. The van der Waals surface area contributed by atoms with Crippen molar-refractivity contribution in [2.45, 2.75) is 44.7 Å². The fraction of sp³-hybridized carbons (Fsp3) is 0.857. The van der Waals surface area contributed by atoms with Gasteiger partial charge < -0.3 is 10.2 Å². The average Bonchev–Trinajstić information content (AvgIpc) is 3.19. The van der Waals surface area contributed by atoms with Crippen LogP contribution in [0.5, 0.6) is 0 Å². The number of piperazine rings is 1. The smallest absolute Gasteiger partial charge is 0.245 e. The fourth-order valence-electron chi connectivity index (χ4n) is 3.25. The Morgan fingerprint density at radius 2 is 1.89 bits per heavy atom. The predicted octanol–water partition coefficient (Wildman–Crippen LogP) is 0.208. The van der Waals surface area contributed by atoms with Crippen molar-refractivity contribution in [1.29, 1.82) is 0 Å². The second-order valence-corrected chi connectivity index (χ2v) is 6.10. The van der Waals surface area contributed by atoms with Gasteiger partial charge in [-0.15, -0.1) is 0 Å². The summed E-state index contributed by atoms with van der Waals surface area (Å²) in [5.41, 5.74) is 0. The highest BCUT2D eigenvalue weighted by Crippen LogP contribution is 2.35. The van der Waals surface area contributed by atoms with Crippen molar-refractivity contribution in [2.75, 3.05) is 26.2 Å². The third-order valence-electron chi connectivity index (χ3n) is 4.80. The SMILES string of the molecule is CC(C1CC1)N1CCN(C(=O)C2CCC(=O)N2)CC1. The Balaban J connectivity index is 1.49. The number of carbonyl (C=O) groups is 2. The number of hydrogen-bond donors (Lipinski definition) is 1. The van der Waals surface area contributed by atoms with Crippen LogP contribution in [0.3, 0.4) is 0 Å². The van der Waals surface area contributed by atoms with Crippen LogP contribution in [0, 0.1) is 5.92 Å². The van der Waals surface area contributed by atoms with Gasteiger partial charge in [0.2, 0.25) is 11.8 Å². The highest BCUT2D eigenvalue weighted by Gasteiger charge is 2.36. The maximum Gasteiger partial charge on any atom is 0.245 e. The molecule has 1 saturated carbocycles. The molecule has 1 N–H and O–H groups in total. The first-order chi connectivity index (χ1) is 9.15. The van der Waals surface area contributed by atoms with Crippen LogP contribution in [0.2, 0.25) is 0 Å². The second kappa shape index (κ2) is 5.12. The summed E-state index contributed by atoms with van der Waals surface area (Å²) in [4.78, 5) is 27.9. The molecule has 2 heterocycles. The summed E-state index contributed by atoms with van der Waals surface area (Å²) in [6.45, 7) is 5.88. The number of amides is 2. The quantitative estimate of drug-likeness (QED) is 0.793. The summed E-state index contributed by atoms with van der Waals surface area (Å²) >= 11 is 0. The van der Waals surface area contributed by atoms with Crippen molar-refractivity contribution < 1.29 is 9.59 Å². The van der Waals surface area contributed by atoms with Crippen molar-refractivity contribution in [3.63, 3.8) is 0 Å². The molecule has 0 spiro atoms. The van der Waals surface area contributed by atoms with Crippen molar-refractivity contribution >= 4 is 11.8 Å². The van der Waals surface area contributed by atoms with E-state index in [1.165, 1.54) is 12.8 Å². The van der Waals surface area contributed by atoms with E-state index in [4.69, 9.17) is 0 Å². The Morgan fingerprint density at radius 1 is 1.21 bits per heavy atom. The minimum Gasteiger partial charge on any atom is -0.344 e. The molecule has 5 heteroatoms. The van der Waals surface area contributed by atoms with Crippen LogP contribution in [-0.2, 0) is 9.59 Å². The Labute approximate surface area is 114 Å². The minimum atomic E-state index is -0.264. The van der Waals surface area contributed by atoms with Crippen LogP contribution in [0.25, 0.3) is 0 Å². The van der Waals surface area contributed by atoms with Crippen LogP contribution < -0.4 is 5.32 Å². The van der Waals surface area contributed by atoms with Crippen LogP contribution >= 0.6 is 0 Å². The number of rotatable bonds is 3. The van der Waals surface area contributed by atoms with E-state index in [9.17, 15) is 9.59 Å². The molecule has 19 heavy (non-hydrogen) atoms. The van der Waals surface area contributed by atoms with E-state index in [-0.39, 0.29) is 17.9 Å². The van der Waals surface area contributed by atoms with E-state index in [1.807, 2.05) is 4.90 Å². The van der Waals surface area contributed by atoms with Gasteiger partial charge in [-0.05, 0) is 32.1 Å². The first-order valence-electron chi connectivity index (χ1n) is 7.47. The molecule has 2 aliphatic heterocycles. The lowest BCUT2D eigenvalue weighted by molar-refractivity contribution is -0.136. The third-order valence-corrected chi connectivity index (χ3v) is 4.80. The first-order valence-corrected chi connectivity index (χ1v) is 7.47. The summed E-state index contributed by atoms with van der Waals surface area (Å²) < 4.78 is 0. The molecule has 0 radical (unpaired) electrons. The zero-order valence-corrected chi connectivity index (χ0v) is 11.6. The largest absolute Gasteiger partial charge is 0.344 e. The van der Waals surface area contributed by atoms with E-state index in [0.717, 1.165) is 32.1 Å². The zero-order chi connectivity index (χ0) is 13.4. The molecular formula is C14H23N3O2. The van der Waals surface area contributed by atoms with E-state index in [2.05, 4.69) is 17.1 Å². The van der Waals surface area contributed by atoms with Gasteiger partial charge in [0.05, 0.1) is 0 Å². The number of nitrogens with one attached hydrogen (secondary N) is 1. The topological polar surface area (TPSA) is 52.7 Å². The molecule has 0 aromatic heterocycles. The molecule has 5 nitrogen and oxygen atoms in total. The molecule has 2 saturated heterocycles. The minimum absolute atomic E-state index is 0.0133. The maximum atomic E-state index is 12.3. The predicted molar refractivity (Wildman–Crippen MR) is 71.5 cm³/mol. The zero-order valence-electron chi connectivity index (χ0n) is 11.6. The molecule has 3 rings (SSSR count). The Kier molecular flexibility index (Phi) is 3.48. The van der Waals surface area contributed by atoms with Crippen LogP contribution in [0.1, 0.15) is 32.6 Å². The molecule has 3 fully saturated rings. The van der Waals surface area contributed by atoms with Gasteiger partial charge in [-0.25, -0.2) is 0 Å². The summed E-state index contributed by atoms with van der Waals surface area (Å²) in [5, 5.41) is 2.77. The Morgan fingerprint density at radius 3 is 2.42 bits per heavy atom. The molecule has 2 amide bonds. The Bertz CT molecular complexity index is 373. The van der Waals surface area contributed by atoms with Gasteiger partial charge in [0.1, 0.15) is 6.04 Å². The third kappa shape index (κ3) is 2.76. The Hall–Kier alpha value is -1.10. The molecule has 0 bridgehead atoms. The van der Waals surface area contributed by atoms with Crippen LogP contribution in [0.4, 0.5) is 0 Å². The molecule has 2 atom stereocenters. The van der Waals surface area contributed by atoms with Gasteiger partial charge in [0, 0.05) is 38.6 Å². The molecule has 0 aromatic carbocycles. The lowest BCUT2D eigenvalue weighted by Crippen LogP contribution is -2.55. The van der Waals surface area contributed by atoms with E-state index < -0.39 is 0 Å². The highest BCUT2D eigenvalue weighted by molar-refractivity contribution is 5.90. The number of nitrogens with zero attached hydrogens (tertiary/aromatic N) is 2. The van der Waals surface area contributed by atoms with Crippen LogP contribution in [0.15, 0.2) is 0 Å². The van der Waals surface area contributed by atoms with Crippen molar-refractivity contribution in [3.8, 4) is 0 Å². The maximum absolute atomic E-state index is 12.3. The van der Waals surface area contributed by atoms with Gasteiger partial charge in [0.15, 0.2) is 0 Å². The molecule has 1 aliphatic carbocycles. The van der Waals surface area contributed by atoms with Gasteiger partial charge in [-0.2, -0.15) is 0 Å². The summed E-state index contributed by atoms with van der Waals surface area (Å²) in [6, 6.07) is 0.406. The van der Waals surface area contributed by atoms with Crippen molar-refractivity contribution in [1.82, 2.24) is 15.1 Å². The molecule has 0 aromatic rings. The van der Waals surface area contributed by atoms with E-state index in [0.29, 0.717) is 18.9 Å². The molecule has 2 unspecified atom stereocenters. The van der Waals surface area contributed by atoms with E-state index >= 15 is 0 Å². The lowest BCUT2D eigenvalue weighted by Gasteiger charge is -2.39. The fourth-order valence-corrected chi connectivity index (χ4v) is 3.25. The molecule has 3 aliphatic rings. The van der Waals surface area contributed by atoms with Crippen LogP contribution in [-0.4, -0.2) is 59.9 Å². The first kappa shape index (κ1) is 12.9. The van der Waals surface area contributed by atoms with Gasteiger partial charge >= 0.3 is 0 Å². The normalized spacial score (nSPS) is 30.3. The lowest BCUT2D eigenvalue weighted by atomic mass is 10.1. The summed E-state index contributed by atoms with van der Waals surface area (Å²) in [7, 11) is 0. The summed E-state index contributed by atoms with van der Waals surface area (Å²) in [6.07, 6.45) is 3.90. The number of carbonyl (C=O) groups excluding carboxylic acids is 2. The van der Waals surface area contributed by atoms with Gasteiger partial charge in [-0.3, -0.25) is 14.5 Å². The van der Waals surface area contributed by atoms with Crippen molar-refractivity contribution in [2.24, 2.45) is 5.92 Å². The van der Waals surface area contributed by atoms with E-state index in [1.54, 1.807) is 0 Å². The van der Waals surface area contributed by atoms with Crippen molar-refractivity contribution in [3.05, 3.63) is 0 Å². The van der Waals surface area contributed by atoms with Gasteiger partial charge in [0.25, 0.3) is 0 Å². The average molecular weight is 265 g/mol. The monoisotopic (exact) mass is 265 g/mol. The standard InChI is InChI=1S/C14H23N3O2/c1-10(11-2-3-11)16-6-8-17(9-7-16)14(19)12-4-5-13(18)15-12/h10-12H,2-9H2,1H3,(H,15,18). The second-order valence-electron chi connectivity index (χ2n) is 6.10. The van der Waals surface area contributed by atoms with Gasteiger partial charge in [-0.1, -0.05) is 0 Å². The molecular weight excluding hydrogens is 242 g/mol. The molecule has 106 valence electrons. The summed E-state index contributed by atoms with van der Waals surface area (Å²) in [5.74, 6) is 1.01.